The van der Waals surface area contributed by atoms with Crippen molar-refractivity contribution in [1.29, 1.82) is 0 Å². The summed E-state index contributed by atoms with van der Waals surface area (Å²) in [4.78, 5) is 15.7. The number of nitrogens with zero attached hydrogens (tertiary/aromatic N) is 1. The molecule has 0 N–H and O–H groups in total. The number of hydrogen-bond acceptors (Lipinski definition) is 2. The first kappa shape index (κ1) is 8.16. The topological polar surface area (TPSA) is 30.0 Å². The number of carbonyl (C=O) groups excluding carboxylic acids is 1. The normalized spacial score (nSPS) is 35.1. The molecule has 14 heavy (non-hydrogen) atoms. The van der Waals surface area contributed by atoms with Gasteiger partial charge in [-0.25, -0.2) is 0 Å². The number of aromatic nitrogens is 1. The molecular weight excluding hydrogens is 174 g/mol. The fourth-order valence-corrected chi connectivity index (χ4v) is 2.79. The Hall–Kier alpha value is -1.18. The second-order valence-electron chi connectivity index (χ2n) is 4.51. The molecule has 2 heteroatoms. The molecule has 0 bridgehead atoms. The molecule has 0 aliphatic heterocycles. The van der Waals surface area contributed by atoms with E-state index in [1.54, 1.807) is 0 Å². The average molecular weight is 187 g/mol. The fourth-order valence-electron chi connectivity index (χ4n) is 2.79. The van der Waals surface area contributed by atoms with Crippen LogP contribution in [0.4, 0.5) is 0 Å². The zero-order valence-electron chi connectivity index (χ0n) is 8.07. The van der Waals surface area contributed by atoms with Gasteiger partial charge in [0.25, 0.3) is 0 Å². The Morgan fingerprint density at radius 2 is 2.36 bits per heavy atom. The van der Waals surface area contributed by atoms with Crippen molar-refractivity contribution in [3.8, 4) is 0 Å². The van der Waals surface area contributed by atoms with Gasteiger partial charge < -0.3 is 0 Å². The monoisotopic (exact) mass is 187 g/mol. The summed E-state index contributed by atoms with van der Waals surface area (Å²) < 4.78 is 0. The van der Waals surface area contributed by atoms with Crippen LogP contribution in [0.1, 0.15) is 31.4 Å². The Morgan fingerprint density at radius 3 is 3.07 bits per heavy atom. The minimum Gasteiger partial charge on any atom is -0.300 e. The van der Waals surface area contributed by atoms with Crippen LogP contribution in [-0.2, 0) is 10.2 Å². The quantitative estimate of drug-likeness (QED) is 0.673. The van der Waals surface area contributed by atoms with Gasteiger partial charge in [0, 0.05) is 30.1 Å². The van der Waals surface area contributed by atoms with E-state index in [2.05, 4.69) is 11.1 Å². The number of carbonyl (C=O) groups is 1. The molecule has 0 spiro atoms. The molecule has 0 aromatic carbocycles. The Labute approximate surface area is 83.4 Å². The largest absolute Gasteiger partial charge is 0.300 e. The highest BCUT2D eigenvalue weighted by molar-refractivity contribution is 5.81. The first-order valence-corrected chi connectivity index (χ1v) is 5.24. The third-order valence-electron chi connectivity index (χ3n) is 3.73. The molecule has 2 saturated carbocycles. The van der Waals surface area contributed by atoms with Gasteiger partial charge in [0.05, 0.1) is 0 Å². The van der Waals surface area contributed by atoms with Gasteiger partial charge in [-0.2, -0.15) is 0 Å². The first-order chi connectivity index (χ1) is 6.81. The van der Waals surface area contributed by atoms with Crippen LogP contribution in [-0.4, -0.2) is 10.8 Å². The van der Waals surface area contributed by atoms with Crippen molar-refractivity contribution in [3.05, 3.63) is 30.1 Å². The summed E-state index contributed by atoms with van der Waals surface area (Å²) in [7, 11) is 0. The minimum atomic E-state index is 0.287. The van der Waals surface area contributed by atoms with Crippen molar-refractivity contribution in [3.63, 3.8) is 0 Å². The second-order valence-corrected chi connectivity index (χ2v) is 4.51. The van der Waals surface area contributed by atoms with Crippen LogP contribution in [0.2, 0.25) is 0 Å². The highest BCUT2D eigenvalue weighted by Gasteiger charge is 2.58. The first-order valence-electron chi connectivity index (χ1n) is 5.24. The lowest BCUT2D eigenvalue weighted by atomic mass is 9.85. The predicted octanol–water partition coefficient (Wildman–Crippen LogP) is 2.09. The Kier molecular flexibility index (Phi) is 1.55. The van der Waals surface area contributed by atoms with Gasteiger partial charge in [-0.15, -0.1) is 0 Å². The lowest BCUT2D eigenvalue weighted by Crippen LogP contribution is -2.20. The summed E-state index contributed by atoms with van der Waals surface area (Å²) in [5.74, 6) is 1.04. The van der Waals surface area contributed by atoms with Crippen molar-refractivity contribution >= 4 is 5.78 Å². The van der Waals surface area contributed by atoms with Crippen molar-refractivity contribution < 1.29 is 4.79 Å². The number of rotatable bonds is 1. The lowest BCUT2D eigenvalue weighted by Gasteiger charge is -2.20. The van der Waals surface area contributed by atoms with Crippen molar-refractivity contribution in [2.24, 2.45) is 5.92 Å². The van der Waals surface area contributed by atoms with E-state index in [1.807, 2.05) is 18.3 Å². The smallest absolute Gasteiger partial charge is 0.133 e. The van der Waals surface area contributed by atoms with Gasteiger partial charge >= 0.3 is 0 Å². The maximum Gasteiger partial charge on any atom is 0.133 e. The Morgan fingerprint density at radius 1 is 1.43 bits per heavy atom. The Bertz CT molecular complexity index is 373. The summed E-state index contributed by atoms with van der Waals surface area (Å²) >= 11 is 0. The number of ketones is 1. The molecule has 1 aromatic heterocycles. The Balaban J connectivity index is 1.91. The van der Waals surface area contributed by atoms with E-state index in [4.69, 9.17) is 0 Å². The van der Waals surface area contributed by atoms with Crippen LogP contribution in [0.3, 0.4) is 0 Å². The molecule has 2 fully saturated rings. The molecule has 2 aliphatic carbocycles. The van der Waals surface area contributed by atoms with E-state index in [9.17, 15) is 4.79 Å². The molecule has 1 heterocycles. The molecule has 72 valence electrons. The summed E-state index contributed by atoms with van der Waals surface area (Å²) in [6.45, 7) is 0. The highest BCUT2D eigenvalue weighted by atomic mass is 16.1. The highest BCUT2D eigenvalue weighted by Crippen LogP contribution is 2.60. The molecule has 2 unspecified atom stereocenters. The van der Waals surface area contributed by atoms with E-state index in [-0.39, 0.29) is 5.41 Å². The van der Waals surface area contributed by atoms with Crippen LogP contribution in [0, 0.1) is 5.92 Å². The standard InChI is InChI=1S/C12H13NO/c14-10-4-5-12(8-9(12)7-10)11-3-1-2-6-13-11/h1-3,6,9H,4-5,7-8H2. The molecule has 3 rings (SSSR count). The zero-order valence-corrected chi connectivity index (χ0v) is 8.07. The average Bonchev–Trinajstić information content (AvgIpc) is 2.94. The molecule has 2 atom stereocenters. The number of fused-ring (bicyclic) bond motifs is 1. The second kappa shape index (κ2) is 2.66. The predicted molar refractivity (Wildman–Crippen MR) is 52.9 cm³/mol. The van der Waals surface area contributed by atoms with Crippen LogP contribution in [0.15, 0.2) is 24.4 Å². The van der Waals surface area contributed by atoms with Crippen LogP contribution >= 0.6 is 0 Å². The van der Waals surface area contributed by atoms with Crippen molar-refractivity contribution in [2.75, 3.05) is 0 Å². The van der Waals surface area contributed by atoms with Gasteiger partial charge in [0.1, 0.15) is 5.78 Å². The fraction of sp³-hybridized carbons (Fsp3) is 0.500. The van der Waals surface area contributed by atoms with Crippen LogP contribution in [0.25, 0.3) is 0 Å². The van der Waals surface area contributed by atoms with Crippen molar-refractivity contribution in [1.82, 2.24) is 4.98 Å². The summed E-state index contributed by atoms with van der Waals surface area (Å²) in [5.41, 5.74) is 1.49. The summed E-state index contributed by atoms with van der Waals surface area (Å²) in [6.07, 6.45) is 5.60. The number of pyridine rings is 1. The van der Waals surface area contributed by atoms with Gasteiger partial charge in [0.2, 0.25) is 0 Å². The lowest BCUT2D eigenvalue weighted by molar-refractivity contribution is -0.120. The van der Waals surface area contributed by atoms with Gasteiger partial charge in [-0.1, -0.05) is 6.07 Å². The number of hydrogen-bond donors (Lipinski definition) is 0. The minimum absolute atomic E-state index is 0.287. The molecule has 0 saturated heterocycles. The third kappa shape index (κ3) is 1.03. The van der Waals surface area contributed by atoms with Gasteiger partial charge in [-0.3, -0.25) is 9.78 Å². The molecule has 2 aliphatic rings. The molecule has 2 nitrogen and oxygen atoms in total. The van der Waals surface area contributed by atoms with E-state index in [0.29, 0.717) is 11.7 Å². The van der Waals surface area contributed by atoms with Crippen LogP contribution in [0.5, 0.6) is 0 Å². The van der Waals surface area contributed by atoms with Crippen LogP contribution < -0.4 is 0 Å². The molecular formula is C12H13NO. The molecule has 0 radical (unpaired) electrons. The van der Waals surface area contributed by atoms with E-state index >= 15 is 0 Å². The third-order valence-corrected chi connectivity index (χ3v) is 3.73. The number of Topliss-reactive ketones (excluding diaryl/α,β-unsaturated/α-hetero) is 1. The van der Waals surface area contributed by atoms with Gasteiger partial charge in [0.15, 0.2) is 0 Å². The van der Waals surface area contributed by atoms with E-state index in [1.165, 1.54) is 12.1 Å². The maximum atomic E-state index is 11.3. The molecule has 0 amide bonds. The van der Waals surface area contributed by atoms with Gasteiger partial charge in [-0.05, 0) is 30.9 Å². The van der Waals surface area contributed by atoms with Crippen molar-refractivity contribution in [2.45, 2.75) is 31.1 Å². The van der Waals surface area contributed by atoms with E-state index < -0.39 is 0 Å². The zero-order chi connectivity index (χ0) is 9.60. The maximum absolute atomic E-state index is 11.3. The molecule has 1 aromatic rings. The summed E-state index contributed by atoms with van der Waals surface area (Å²) in [6, 6.07) is 6.10. The summed E-state index contributed by atoms with van der Waals surface area (Å²) in [5, 5.41) is 0. The van der Waals surface area contributed by atoms with E-state index in [0.717, 1.165) is 19.3 Å². The SMILES string of the molecule is O=C1CCC2(c3ccccn3)CC2C1.